The third-order valence-corrected chi connectivity index (χ3v) is 7.45. The lowest BCUT2D eigenvalue weighted by Crippen LogP contribution is -2.37. The highest BCUT2D eigenvalue weighted by Crippen LogP contribution is 2.40. The van der Waals surface area contributed by atoms with Crippen LogP contribution in [0.3, 0.4) is 0 Å². The summed E-state index contributed by atoms with van der Waals surface area (Å²) in [5.41, 5.74) is 5.06. The standard InChI is InChI=1S/C26H40N6OS/c1-20-19-22(21(2)31(20)13-8-12-30-15-17-33-18-16-30)25-24(23-9-5-6-10-27-23)28-26(34)32(25)14-7-11-29(3)4/h5-6,9-10,19,24-25H,7-8,11-18H2,1-4H3,(H,28,34). The smallest absolute Gasteiger partial charge is 0.170 e. The van der Waals surface area contributed by atoms with Crippen molar-refractivity contribution in [3.63, 3.8) is 0 Å². The van der Waals surface area contributed by atoms with Crippen molar-refractivity contribution in [3.8, 4) is 0 Å². The van der Waals surface area contributed by atoms with Crippen molar-refractivity contribution in [2.45, 2.75) is 45.3 Å². The molecule has 2 aliphatic heterocycles. The molecule has 2 aromatic heterocycles. The Labute approximate surface area is 210 Å². The number of aryl methyl sites for hydroxylation is 1. The molecule has 2 fully saturated rings. The van der Waals surface area contributed by atoms with Gasteiger partial charge in [-0.3, -0.25) is 9.88 Å². The molecule has 2 atom stereocenters. The van der Waals surface area contributed by atoms with E-state index in [1.54, 1.807) is 0 Å². The van der Waals surface area contributed by atoms with Crippen LogP contribution in [0, 0.1) is 13.8 Å². The zero-order valence-corrected chi connectivity index (χ0v) is 22.0. The van der Waals surface area contributed by atoms with Crippen LogP contribution in [0.15, 0.2) is 30.5 Å². The van der Waals surface area contributed by atoms with Crippen molar-refractivity contribution < 1.29 is 4.74 Å². The van der Waals surface area contributed by atoms with Crippen LogP contribution in [0.2, 0.25) is 0 Å². The summed E-state index contributed by atoms with van der Waals surface area (Å²) in [6, 6.07) is 8.71. The van der Waals surface area contributed by atoms with Gasteiger partial charge in [-0.1, -0.05) is 6.07 Å². The second-order valence-electron chi connectivity index (χ2n) is 9.76. The molecular weight excluding hydrogens is 444 g/mol. The van der Waals surface area contributed by atoms with E-state index >= 15 is 0 Å². The van der Waals surface area contributed by atoms with Crippen LogP contribution in [0.4, 0.5) is 0 Å². The van der Waals surface area contributed by atoms with Gasteiger partial charge in [0.25, 0.3) is 0 Å². The number of nitrogens with one attached hydrogen (secondary N) is 1. The molecule has 186 valence electrons. The minimum Gasteiger partial charge on any atom is -0.379 e. The molecular formula is C26H40N6OS. The largest absolute Gasteiger partial charge is 0.379 e. The molecule has 0 radical (unpaired) electrons. The predicted molar refractivity (Wildman–Crippen MR) is 141 cm³/mol. The monoisotopic (exact) mass is 484 g/mol. The topological polar surface area (TPSA) is 48.8 Å². The zero-order chi connectivity index (χ0) is 24.1. The lowest BCUT2D eigenvalue weighted by atomic mass is 9.96. The molecule has 8 heteroatoms. The maximum Gasteiger partial charge on any atom is 0.170 e. The van der Waals surface area contributed by atoms with Gasteiger partial charge in [0.15, 0.2) is 5.11 Å². The number of morpholine rings is 1. The van der Waals surface area contributed by atoms with Crippen LogP contribution >= 0.6 is 12.2 Å². The molecule has 4 rings (SSSR count). The van der Waals surface area contributed by atoms with Crippen LogP contribution < -0.4 is 5.32 Å². The second kappa shape index (κ2) is 11.6. The number of pyridine rings is 1. The highest BCUT2D eigenvalue weighted by atomic mass is 32.1. The van der Waals surface area contributed by atoms with Crippen molar-refractivity contribution in [2.24, 2.45) is 0 Å². The molecule has 7 nitrogen and oxygen atoms in total. The SMILES string of the molecule is Cc1cc(C2C(c3ccccn3)NC(=S)N2CCCN(C)C)c(C)n1CCCN1CCOCC1. The van der Waals surface area contributed by atoms with E-state index in [4.69, 9.17) is 21.9 Å². The van der Waals surface area contributed by atoms with Crippen molar-refractivity contribution in [1.29, 1.82) is 0 Å². The first-order chi connectivity index (χ1) is 16.5. The van der Waals surface area contributed by atoms with E-state index in [9.17, 15) is 0 Å². The average molecular weight is 485 g/mol. The van der Waals surface area contributed by atoms with Crippen molar-refractivity contribution in [1.82, 2.24) is 29.6 Å². The van der Waals surface area contributed by atoms with Gasteiger partial charge in [0.05, 0.1) is 31.0 Å². The Morgan fingerprint density at radius 3 is 2.62 bits per heavy atom. The third kappa shape index (κ3) is 5.79. The quantitative estimate of drug-likeness (QED) is 0.520. The summed E-state index contributed by atoms with van der Waals surface area (Å²) in [5, 5.41) is 4.43. The van der Waals surface area contributed by atoms with Gasteiger partial charge >= 0.3 is 0 Å². The molecule has 4 heterocycles. The Hall–Kier alpha value is -2.00. The lowest BCUT2D eigenvalue weighted by molar-refractivity contribution is 0.0369. The van der Waals surface area contributed by atoms with Crippen molar-refractivity contribution in [2.75, 3.05) is 60.0 Å². The van der Waals surface area contributed by atoms with Crippen molar-refractivity contribution in [3.05, 3.63) is 53.1 Å². The van der Waals surface area contributed by atoms with E-state index in [0.29, 0.717) is 0 Å². The Morgan fingerprint density at radius 2 is 1.91 bits per heavy atom. The predicted octanol–water partition coefficient (Wildman–Crippen LogP) is 3.15. The van der Waals surface area contributed by atoms with Gasteiger partial charge in [-0.15, -0.1) is 0 Å². The highest BCUT2D eigenvalue weighted by Gasteiger charge is 2.41. The van der Waals surface area contributed by atoms with Crippen LogP contribution in [0.25, 0.3) is 0 Å². The van der Waals surface area contributed by atoms with Gasteiger partial charge in [-0.25, -0.2) is 0 Å². The first-order valence-electron chi connectivity index (χ1n) is 12.5. The fraction of sp³-hybridized carbons (Fsp3) is 0.615. The maximum atomic E-state index is 5.85. The number of nitrogens with zero attached hydrogens (tertiary/aromatic N) is 5. The molecule has 1 N–H and O–H groups in total. The van der Waals surface area contributed by atoms with Crippen LogP contribution in [-0.4, -0.2) is 89.4 Å². The van der Waals surface area contributed by atoms with E-state index in [0.717, 1.165) is 76.1 Å². The van der Waals surface area contributed by atoms with E-state index < -0.39 is 0 Å². The molecule has 2 unspecified atom stereocenters. The number of hydrogen-bond donors (Lipinski definition) is 1. The summed E-state index contributed by atoms with van der Waals surface area (Å²) in [7, 11) is 4.25. The highest BCUT2D eigenvalue weighted by molar-refractivity contribution is 7.80. The molecule has 0 bridgehead atoms. The number of hydrogen-bond acceptors (Lipinski definition) is 5. The Kier molecular flexibility index (Phi) is 8.58. The molecule has 2 saturated heterocycles. The van der Waals surface area contributed by atoms with Gasteiger partial charge in [0.1, 0.15) is 0 Å². The van der Waals surface area contributed by atoms with Gasteiger partial charge < -0.3 is 24.4 Å². The Bertz CT molecular complexity index is 940. The van der Waals surface area contributed by atoms with Gasteiger partial charge in [0, 0.05) is 50.3 Å². The molecule has 2 aromatic rings. The van der Waals surface area contributed by atoms with E-state index in [2.05, 4.69) is 70.7 Å². The van der Waals surface area contributed by atoms with Gasteiger partial charge in [-0.2, -0.15) is 0 Å². The number of thiocarbonyl (C=S) groups is 1. The molecule has 0 amide bonds. The fourth-order valence-electron chi connectivity index (χ4n) is 5.29. The summed E-state index contributed by atoms with van der Waals surface area (Å²) in [6.45, 7) is 12.5. The summed E-state index contributed by atoms with van der Waals surface area (Å²) in [5.74, 6) is 0. The first kappa shape index (κ1) is 25.1. The van der Waals surface area contributed by atoms with E-state index in [1.807, 2.05) is 12.3 Å². The number of rotatable bonds is 10. The third-order valence-electron chi connectivity index (χ3n) is 7.09. The minimum absolute atomic E-state index is 0.0513. The van der Waals surface area contributed by atoms with Crippen molar-refractivity contribution >= 4 is 17.3 Å². The number of aromatic nitrogens is 2. The molecule has 0 aromatic carbocycles. The molecule has 0 spiro atoms. The number of ether oxygens (including phenoxy) is 1. The minimum atomic E-state index is 0.0513. The summed E-state index contributed by atoms with van der Waals surface area (Å²) in [4.78, 5) is 11.8. The summed E-state index contributed by atoms with van der Waals surface area (Å²) < 4.78 is 7.98. The maximum absolute atomic E-state index is 5.85. The van der Waals surface area contributed by atoms with Crippen LogP contribution in [0.1, 0.15) is 47.6 Å². The summed E-state index contributed by atoms with van der Waals surface area (Å²) >= 11 is 5.85. The molecule has 0 saturated carbocycles. The lowest BCUT2D eigenvalue weighted by Gasteiger charge is -2.29. The van der Waals surface area contributed by atoms with Crippen LogP contribution in [0.5, 0.6) is 0 Å². The van der Waals surface area contributed by atoms with Crippen LogP contribution in [-0.2, 0) is 11.3 Å². The van der Waals surface area contributed by atoms with E-state index in [-0.39, 0.29) is 12.1 Å². The summed E-state index contributed by atoms with van der Waals surface area (Å²) in [6.07, 6.45) is 4.09. The zero-order valence-electron chi connectivity index (χ0n) is 21.2. The first-order valence-corrected chi connectivity index (χ1v) is 13.0. The average Bonchev–Trinajstić information content (AvgIpc) is 3.30. The molecule has 34 heavy (non-hydrogen) atoms. The Morgan fingerprint density at radius 1 is 1.12 bits per heavy atom. The van der Waals surface area contributed by atoms with Gasteiger partial charge in [-0.05, 0) is 83.3 Å². The van der Waals surface area contributed by atoms with Gasteiger partial charge in [0.2, 0.25) is 0 Å². The molecule has 0 aliphatic carbocycles. The Balaban J connectivity index is 1.55. The second-order valence-corrected chi connectivity index (χ2v) is 10.1. The van der Waals surface area contributed by atoms with E-state index in [1.165, 1.54) is 17.0 Å². The fourth-order valence-corrected chi connectivity index (χ4v) is 5.62. The molecule has 2 aliphatic rings. The normalized spacial score (nSPS) is 21.4.